The van der Waals surface area contributed by atoms with Crippen LogP contribution in [0.15, 0.2) is 58.7 Å². The summed E-state index contributed by atoms with van der Waals surface area (Å²) < 4.78 is 21.3. The number of hydrazone groups is 2. The quantitative estimate of drug-likeness (QED) is 0.343. The molecule has 2 N–H and O–H groups in total. The van der Waals surface area contributed by atoms with E-state index in [0.29, 0.717) is 47.3 Å². The van der Waals surface area contributed by atoms with Crippen LogP contribution in [0.4, 0.5) is 0 Å². The van der Waals surface area contributed by atoms with E-state index in [1.807, 2.05) is 13.8 Å². The van der Waals surface area contributed by atoms with Gasteiger partial charge < -0.3 is 18.9 Å². The van der Waals surface area contributed by atoms with Crippen molar-refractivity contribution in [2.45, 2.75) is 26.7 Å². The summed E-state index contributed by atoms with van der Waals surface area (Å²) in [5.41, 5.74) is 5.96. The molecule has 0 atom stereocenters. The van der Waals surface area contributed by atoms with Crippen LogP contribution in [0.5, 0.6) is 23.0 Å². The average Bonchev–Trinajstić information content (AvgIpc) is 2.88. The van der Waals surface area contributed by atoms with E-state index in [1.165, 1.54) is 14.2 Å². The Hall–Kier alpha value is -4.08. The van der Waals surface area contributed by atoms with Crippen LogP contribution in [0.1, 0.15) is 26.7 Å². The van der Waals surface area contributed by atoms with E-state index in [1.54, 1.807) is 48.5 Å². The van der Waals surface area contributed by atoms with Crippen molar-refractivity contribution in [1.29, 1.82) is 0 Å². The minimum Gasteiger partial charge on any atom is -0.493 e. The molecule has 0 bridgehead atoms. The van der Waals surface area contributed by atoms with Gasteiger partial charge in [0, 0.05) is 0 Å². The molecule has 2 aromatic carbocycles. The molecule has 2 aromatic rings. The first-order valence-corrected chi connectivity index (χ1v) is 10.7. The number of nitrogens with zero attached hydrogens (tertiary/aromatic N) is 2. The van der Waals surface area contributed by atoms with Gasteiger partial charge in [0.1, 0.15) is 0 Å². The van der Waals surface area contributed by atoms with E-state index in [2.05, 4.69) is 21.1 Å². The van der Waals surface area contributed by atoms with E-state index < -0.39 is 11.8 Å². The summed E-state index contributed by atoms with van der Waals surface area (Å²) in [5.74, 6) is 1.07. The number of ether oxygens (including phenoxy) is 4. The number of rotatable bonds is 13. The Balaban J connectivity index is 1.90. The number of amides is 2. The molecule has 10 nitrogen and oxygen atoms in total. The number of carbonyl (C=O) groups is 2. The van der Waals surface area contributed by atoms with Crippen LogP contribution in [0.2, 0.25) is 0 Å². The maximum Gasteiger partial charge on any atom is 0.277 e. The van der Waals surface area contributed by atoms with Gasteiger partial charge in [-0.2, -0.15) is 10.2 Å². The van der Waals surface area contributed by atoms with Crippen molar-refractivity contribution >= 4 is 23.2 Å². The lowest BCUT2D eigenvalue weighted by Crippen LogP contribution is -2.30. The Kier molecular flexibility index (Phi) is 10.9. The first kappa shape index (κ1) is 26.2. The molecule has 0 aromatic heterocycles. The molecule has 2 amide bonds. The zero-order valence-electron chi connectivity index (χ0n) is 19.8. The van der Waals surface area contributed by atoms with Crippen molar-refractivity contribution < 1.29 is 28.5 Å². The van der Waals surface area contributed by atoms with Gasteiger partial charge in [0.25, 0.3) is 11.8 Å². The number of methoxy groups -OCH3 is 2. The molecule has 0 aliphatic heterocycles. The van der Waals surface area contributed by atoms with Crippen LogP contribution in [-0.4, -0.2) is 50.7 Å². The highest BCUT2D eigenvalue weighted by Gasteiger charge is 2.11. The van der Waals surface area contributed by atoms with Gasteiger partial charge in [-0.3, -0.25) is 9.59 Å². The van der Waals surface area contributed by atoms with Crippen molar-refractivity contribution in [1.82, 2.24) is 10.9 Å². The molecule has 0 radical (unpaired) electrons. The highest BCUT2D eigenvalue weighted by atomic mass is 16.5. The first-order valence-electron chi connectivity index (χ1n) is 10.7. The highest BCUT2D eigenvalue weighted by molar-refractivity contribution is 6.42. The molecule has 0 aliphatic carbocycles. The van der Waals surface area contributed by atoms with Crippen molar-refractivity contribution in [3.05, 3.63) is 48.5 Å². The third-order valence-electron chi connectivity index (χ3n) is 4.49. The highest BCUT2D eigenvalue weighted by Crippen LogP contribution is 2.26. The number of hydrogen-bond donors (Lipinski definition) is 2. The van der Waals surface area contributed by atoms with Crippen molar-refractivity contribution in [2.75, 3.05) is 27.4 Å². The third-order valence-corrected chi connectivity index (χ3v) is 4.49. The average molecular weight is 471 g/mol. The second-order valence-electron chi connectivity index (χ2n) is 6.77. The predicted molar refractivity (Wildman–Crippen MR) is 129 cm³/mol. The van der Waals surface area contributed by atoms with Crippen LogP contribution < -0.4 is 29.8 Å². The maximum absolute atomic E-state index is 12.2. The van der Waals surface area contributed by atoms with Gasteiger partial charge in [-0.25, -0.2) is 10.9 Å². The standard InChI is InChI=1S/C24H30N4O6/c1-5-17(25-27-23(29)15-33-21-13-9-7-11-19(21)31-3)18(6-2)26-28-24(30)16-34-22-14-10-8-12-20(22)32-4/h7-14H,5-6,15-16H2,1-4H3,(H,27,29)(H,28,30). The van der Waals surface area contributed by atoms with Gasteiger partial charge >= 0.3 is 0 Å². The van der Waals surface area contributed by atoms with E-state index in [4.69, 9.17) is 18.9 Å². The van der Waals surface area contributed by atoms with E-state index in [-0.39, 0.29) is 13.2 Å². The fourth-order valence-corrected chi connectivity index (χ4v) is 2.78. The van der Waals surface area contributed by atoms with Crippen LogP contribution in [0.25, 0.3) is 0 Å². The fraction of sp³-hybridized carbons (Fsp3) is 0.333. The number of para-hydroxylation sites is 4. The van der Waals surface area contributed by atoms with Gasteiger partial charge in [-0.1, -0.05) is 38.1 Å². The normalized spacial score (nSPS) is 11.4. The lowest BCUT2D eigenvalue weighted by atomic mass is 10.1. The largest absolute Gasteiger partial charge is 0.493 e. The molecule has 2 rings (SSSR count). The lowest BCUT2D eigenvalue weighted by Gasteiger charge is -2.11. The second kappa shape index (κ2) is 14.1. The summed E-state index contributed by atoms with van der Waals surface area (Å²) in [4.78, 5) is 24.3. The molecule has 0 spiro atoms. The Bertz CT molecular complexity index is 941. The summed E-state index contributed by atoms with van der Waals surface area (Å²) in [5, 5.41) is 8.28. The van der Waals surface area contributed by atoms with Crippen LogP contribution in [0.3, 0.4) is 0 Å². The van der Waals surface area contributed by atoms with E-state index in [0.717, 1.165) is 0 Å². The van der Waals surface area contributed by atoms with Gasteiger partial charge in [0.05, 0.1) is 25.6 Å². The number of hydrogen-bond acceptors (Lipinski definition) is 8. The number of carbonyl (C=O) groups excluding carboxylic acids is 2. The SMILES string of the molecule is CCC(=NNC(=O)COc1ccccc1OC)C(CC)=NNC(=O)COc1ccccc1OC. The van der Waals surface area contributed by atoms with Crippen LogP contribution in [0, 0.1) is 0 Å². The van der Waals surface area contributed by atoms with Gasteiger partial charge in [-0.15, -0.1) is 0 Å². The minimum atomic E-state index is -0.443. The molecular formula is C24H30N4O6. The molecule has 0 heterocycles. The third kappa shape index (κ3) is 8.12. The van der Waals surface area contributed by atoms with Gasteiger partial charge in [-0.05, 0) is 37.1 Å². The summed E-state index contributed by atoms with van der Waals surface area (Å²) in [6.45, 7) is 3.26. The minimum absolute atomic E-state index is 0.240. The Morgan fingerprint density at radius 3 is 1.35 bits per heavy atom. The van der Waals surface area contributed by atoms with E-state index >= 15 is 0 Å². The monoisotopic (exact) mass is 470 g/mol. The van der Waals surface area contributed by atoms with Gasteiger partial charge in [0.15, 0.2) is 36.2 Å². The molecule has 0 saturated carbocycles. The van der Waals surface area contributed by atoms with Crippen molar-refractivity contribution in [2.24, 2.45) is 10.2 Å². The second-order valence-corrected chi connectivity index (χ2v) is 6.77. The molecule has 0 aliphatic rings. The predicted octanol–water partition coefficient (Wildman–Crippen LogP) is 2.93. The molecule has 0 fully saturated rings. The zero-order chi connectivity index (χ0) is 24.8. The van der Waals surface area contributed by atoms with Crippen LogP contribution in [-0.2, 0) is 9.59 Å². The summed E-state index contributed by atoms with van der Waals surface area (Å²) >= 11 is 0. The molecular weight excluding hydrogens is 440 g/mol. The van der Waals surface area contributed by atoms with Crippen molar-refractivity contribution in [3.8, 4) is 23.0 Å². The Morgan fingerprint density at radius 2 is 1.03 bits per heavy atom. The Labute approximate surface area is 198 Å². The molecule has 0 saturated heterocycles. The fourth-order valence-electron chi connectivity index (χ4n) is 2.78. The summed E-state index contributed by atoms with van der Waals surface area (Å²) in [7, 11) is 3.05. The van der Waals surface area contributed by atoms with Gasteiger partial charge in [0.2, 0.25) is 0 Å². The van der Waals surface area contributed by atoms with E-state index in [9.17, 15) is 9.59 Å². The molecule has 34 heavy (non-hydrogen) atoms. The first-order chi connectivity index (χ1) is 16.5. The van der Waals surface area contributed by atoms with Crippen LogP contribution >= 0.6 is 0 Å². The Morgan fingerprint density at radius 1 is 0.676 bits per heavy atom. The summed E-state index contributed by atoms with van der Waals surface area (Å²) in [6, 6.07) is 14.0. The lowest BCUT2D eigenvalue weighted by molar-refractivity contribution is -0.123. The molecule has 0 unspecified atom stereocenters. The molecule has 182 valence electrons. The maximum atomic E-state index is 12.2. The topological polar surface area (TPSA) is 120 Å². The smallest absolute Gasteiger partial charge is 0.277 e. The number of nitrogens with one attached hydrogen (secondary N) is 2. The number of benzene rings is 2. The molecule has 10 heteroatoms. The zero-order valence-corrected chi connectivity index (χ0v) is 19.8. The summed E-state index contributed by atoms with van der Waals surface area (Å²) in [6.07, 6.45) is 0.988. The van der Waals surface area contributed by atoms with Crippen molar-refractivity contribution in [3.63, 3.8) is 0 Å².